The quantitative estimate of drug-likeness (QED) is 0.812. The average Bonchev–Trinajstić information content (AvgIpc) is 2.48. The lowest BCUT2D eigenvalue weighted by Crippen LogP contribution is -2.45. The number of ether oxygens (including phenoxy) is 1. The van der Waals surface area contributed by atoms with Crippen molar-refractivity contribution in [1.82, 2.24) is 4.90 Å². The van der Waals surface area contributed by atoms with E-state index < -0.39 is 18.2 Å². The Morgan fingerprint density at radius 2 is 2.04 bits per heavy atom. The molecule has 1 aliphatic rings. The first-order valence-corrected chi connectivity index (χ1v) is 7.64. The van der Waals surface area contributed by atoms with E-state index >= 15 is 0 Å². The van der Waals surface area contributed by atoms with E-state index in [0.717, 1.165) is 0 Å². The van der Waals surface area contributed by atoms with Gasteiger partial charge >= 0.3 is 6.18 Å². The molecular weight excluding hydrogens is 314 g/mol. The number of alkyl halides is 3. The van der Waals surface area contributed by atoms with Crippen LogP contribution in [0.5, 0.6) is 0 Å². The number of hydrogen-bond donors (Lipinski definition) is 1. The maximum atomic E-state index is 13.4. The number of β-amino-alcohol motifs (C(OH)–C–C–N with tert-alkyl or cyclic N) is 1. The second-order valence-corrected chi connectivity index (χ2v) is 5.90. The Morgan fingerprint density at radius 3 is 2.74 bits per heavy atom. The van der Waals surface area contributed by atoms with Gasteiger partial charge in [-0.15, -0.1) is 0 Å². The van der Waals surface area contributed by atoms with Gasteiger partial charge in [0.25, 0.3) is 0 Å². The first kappa shape index (κ1) is 18.2. The van der Waals surface area contributed by atoms with Crippen LogP contribution >= 0.6 is 0 Å². The van der Waals surface area contributed by atoms with E-state index in [2.05, 4.69) is 0 Å². The Hall–Kier alpha value is -1.18. The van der Waals surface area contributed by atoms with Crippen LogP contribution in [0.1, 0.15) is 18.4 Å². The van der Waals surface area contributed by atoms with Gasteiger partial charge in [0.1, 0.15) is 5.82 Å². The van der Waals surface area contributed by atoms with Crippen LogP contribution in [0.3, 0.4) is 0 Å². The zero-order valence-electron chi connectivity index (χ0n) is 12.7. The van der Waals surface area contributed by atoms with Crippen LogP contribution in [0.25, 0.3) is 0 Å². The summed E-state index contributed by atoms with van der Waals surface area (Å²) in [6.45, 7) is 0.561. The number of rotatable bonds is 6. The van der Waals surface area contributed by atoms with Crippen molar-refractivity contribution >= 4 is 0 Å². The Kier molecular flexibility index (Phi) is 6.38. The van der Waals surface area contributed by atoms with Crippen LogP contribution in [0.2, 0.25) is 0 Å². The molecule has 2 rings (SSSR count). The van der Waals surface area contributed by atoms with Crippen molar-refractivity contribution in [2.24, 2.45) is 5.92 Å². The molecule has 0 aliphatic carbocycles. The highest BCUT2D eigenvalue weighted by Gasteiger charge is 2.41. The van der Waals surface area contributed by atoms with Crippen molar-refractivity contribution in [3.63, 3.8) is 0 Å². The van der Waals surface area contributed by atoms with Crippen LogP contribution in [-0.4, -0.2) is 48.5 Å². The van der Waals surface area contributed by atoms with Crippen molar-refractivity contribution in [3.05, 3.63) is 35.6 Å². The molecule has 2 atom stereocenters. The minimum absolute atomic E-state index is 0.0227. The summed E-state index contributed by atoms with van der Waals surface area (Å²) in [5.41, 5.74) is 0.384. The van der Waals surface area contributed by atoms with Gasteiger partial charge in [-0.1, -0.05) is 18.2 Å². The number of nitrogens with zero attached hydrogens (tertiary/aromatic N) is 1. The summed E-state index contributed by atoms with van der Waals surface area (Å²) in [6, 6.07) is 6.16. The van der Waals surface area contributed by atoms with Gasteiger partial charge in [0.05, 0.1) is 25.2 Å². The minimum atomic E-state index is -4.19. The third-order valence-electron chi connectivity index (χ3n) is 3.96. The lowest BCUT2D eigenvalue weighted by Gasteiger charge is -2.34. The molecule has 130 valence electrons. The largest absolute Gasteiger partial charge is 0.393 e. The fourth-order valence-corrected chi connectivity index (χ4v) is 2.76. The predicted octanol–water partition coefficient (Wildman–Crippen LogP) is 2.98. The second-order valence-electron chi connectivity index (χ2n) is 5.90. The third kappa shape index (κ3) is 5.75. The SMILES string of the molecule is O[C@@H](COCc1ccccc1F)CN1CCC[C@H](C(F)(F)F)C1. The summed E-state index contributed by atoms with van der Waals surface area (Å²) >= 11 is 0. The fraction of sp³-hybridized carbons (Fsp3) is 0.625. The van der Waals surface area contributed by atoms with E-state index in [0.29, 0.717) is 18.5 Å². The molecule has 1 N–H and O–H groups in total. The highest BCUT2D eigenvalue weighted by molar-refractivity contribution is 5.16. The highest BCUT2D eigenvalue weighted by Crippen LogP contribution is 2.33. The van der Waals surface area contributed by atoms with Gasteiger partial charge < -0.3 is 14.7 Å². The van der Waals surface area contributed by atoms with E-state index in [1.807, 2.05) is 0 Å². The highest BCUT2D eigenvalue weighted by atomic mass is 19.4. The molecule has 1 heterocycles. The first-order chi connectivity index (χ1) is 10.9. The normalized spacial score (nSPS) is 21.3. The van der Waals surface area contributed by atoms with E-state index in [1.54, 1.807) is 23.1 Å². The lowest BCUT2D eigenvalue weighted by atomic mass is 9.97. The third-order valence-corrected chi connectivity index (χ3v) is 3.96. The number of hydrogen-bond acceptors (Lipinski definition) is 3. The van der Waals surface area contributed by atoms with Gasteiger partial charge in [0.2, 0.25) is 0 Å². The Morgan fingerprint density at radius 1 is 1.30 bits per heavy atom. The zero-order chi connectivity index (χ0) is 16.9. The smallest absolute Gasteiger partial charge is 0.389 e. The number of piperidine rings is 1. The molecule has 0 spiro atoms. The molecule has 0 radical (unpaired) electrons. The number of aliphatic hydroxyl groups excluding tert-OH is 1. The van der Waals surface area contributed by atoms with Gasteiger partial charge in [0.15, 0.2) is 0 Å². The van der Waals surface area contributed by atoms with E-state index in [4.69, 9.17) is 4.74 Å². The van der Waals surface area contributed by atoms with Crippen molar-refractivity contribution < 1.29 is 27.4 Å². The van der Waals surface area contributed by atoms with Gasteiger partial charge in [0, 0.05) is 18.7 Å². The summed E-state index contributed by atoms with van der Waals surface area (Å²) in [4.78, 5) is 1.61. The number of benzene rings is 1. The summed E-state index contributed by atoms with van der Waals surface area (Å²) < 4.78 is 56.8. The predicted molar refractivity (Wildman–Crippen MR) is 77.3 cm³/mol. The monoisotopic (exact) mass is 335 g/mol. The van der Waals surface area contributed by atoms with E-state index in [9.17, 15) is 22.7 Å². The minimum Gasteiger partial charge on any atom is -0.389 e. The van der Waals surface area contributed by atoms with Crippen LogP contribution in [0.4, 0.5) is 17.6 Å². The van der Waals surface area contributed by atoms with Crippen LogP contribution in [-0.2, 0) is 11.3 Å². The number of aliphatic hydroxyl groups is 1. The molecule has 0 bridgehead atoms. The molecule has 0 aromatic heterocycles. The zero-order valence-corrected chi connectivity index (χ0v) is 12.7. The van der Waals surface area contributed by atoms with Crippen molar-refractivity contribution in [3.8, 4) is 0 Å². The molecule has 1 aromatic rings. The molecule has 1 aromatic carbocycles. The van der Waals surface area contributed by atoms with Crippen molar-refractivity contribution in [2.45, 2.75) is 31.7 Å². The molecule has 3 nitrogen and oxygen atoms in total. The molecule has 1 fully saturated rings. The Labute approximate surface area is 132 Å². The van der Waals surface area contributed by atoms with Gasteiger partial charge in [-0.2, -0.15) is 13.2 Å². The van der Waals surface area contributed by atoms with E-state index in [1.165, 1.54) is 6.07 Å². The second kappa shape index (κ2) is 8.08. The Balaban J connectivity index is 1.72. The maximum absolute atomic E-state index is 13.4. The van der Waals surface area contributed by atoms with Gasteiger partial charge in [-0.3, -0.25) is 0 Å². The van der Waals surface area contributed by atoms with Crippen LogP contribution in [0.15, 0.2) is 24.3 Å². The fourth-order valence-electron chi connectivity index (χ4n) is 2.76. The molecule has 1 aliphatic heterocycles. The molecule has 0 amide bonds. The van der Waals surface area contributed by atoms with Crippen molar-refractivity contribution in [2.75, 3.05) is 26.2 Å². The van der Waals surface area contributed by atoms with E-state index in [-0.39, 0.29) is 38.5 Å². The molecule has 1 saturated heterocycles. The average molecular weight is 335 g/mol. The molecule has 7 heteroatoms. The molecule has 0 saturated carbocycles. The van der Waals surface area contributed by atoms with Gasteiger partial charge in [-0.05, 0) is 25.5 Å². The summed E-state index contributed by atoms with van der Waals surface area (Å²) in [7, 11) is 0. The number of likely N-dealkylation sites (tertiary alicyclic amines) is 1. The summed E-state index contributed by atoms with van der Waals surface area (Å²) in [5.74, 6) is -1.71. The number of halogens is 4. The first-order valence-electron chi connectivity index (χ1n) is 7.64. The van der Waals surface area contributed by atoms with Crippen LogP contribution in [0, 0.1) is 11.7 Å². The summed E-state index contributed by atoms with van der Waals surface area (Å²) in [5, 5.41) is 9.90. The van der Waals surface area contributed by atoms with Crippen LogP contribution < -0.4 is 0 Å². The standard InChI is InChI=1S/C16H21F4NO2/c17-15-6-2-1-4-12(15)10-23-11-14(22)9-21-7-3-5-13(8-21)16(18,19)20/h1-2,4,6,13-14,22H,3,5,7-11H2/t13-,14+/m0/s1. The molecular formula is C16H21F4NO2. The maximum Gasteiger partial charge on any atom is 0.393 e. The van der Waals surface area contributed by atoms with Crippen molar-refractivity contribution in [1.29, 1.82) is 0 Å². The lowest BCUT2D eigenvalue weighted by molar-refractivity contribution is -0.187. The topological polar surface area (TPSA) is 32.7 Å². The molecule has 23 heavy (non-hydrogen) atoms. The molecule has 0 unspecified atom stereocenters. The Bertz CT molecular complexity index is 495. The summed E-state index contributed by atoms with van der Waals surface area (Å²) in [6.07, 6.45) is -4.48. The van der Waals surface area contributed by atoms with Gasteiger partial charge in [-0.25, -0.2) is 4.39 Å².